The molecule has 3 rings (SSSR count). The summed E-state index contributed by atoms with van der Waals surface area (Å²) in [6.07, 6.45) is 2.25. The van der Waals surface area contributed by atoms with Crippen LogP contribution in [-0.4, -0.2) is 0 Å². The van der Waals surface area contributed by atoms with Crippen LogP contribution in [0.5, 0.6) is 0 Å². The predicted molar refractivity (Wildman–Crippen MR) is 80.3 cm³/mol. The molecule has 2 atom stereocenters. The molecule has 19 heavy (non-hydrogen) atoms. The van der Waals surface area contributed by atoms with Gasteiger partial charge in [-0.25, -0.2) is 0 Å². The maximum absolute atomic E-state index is 6.43. The first-order chi connectivity index (χ1) is 9.16. The number of hydrogen-bond donors (Lipinski definition) is 1. The molecule has 1 aliphatic rings. The number of hydrogen-bond acceptors (Lipinski definition) is 1. The molecule has 2 aromatic rings. The second-order valence-corrected chi connectivity index (χ2v) is 5.73. The van der Waals surface area contributed by atoms with Gasteiger partial charge in [-0.15, -0.1) is 0 Å². The van der Waals surface area contributed by atoms with Crippen molar-refractivity contribution in [1.82, 2.24) is 0 Å². The van der Waals surface area contributed by atoms with Crippen LogP contribution in [0, 0.1) is 13.8 Å². The van der Waals surface area contributed by atoms with E-state index in [4.69, 9.17) is 5.73 Å². The molecule has 2 aromatic carbocycles. The van der Waals surface area contributed by atoms with E-state index in [9.17, 15) is 0 Å². The van der Waals surface area contributed by atoms with Crippen LogP contribution >= 0.6 is 0 Å². The van der Waals surface area contributed by atoms with Crippen molar-refractivity contribution in [2.75, 3.05) is 0 Å². The molecular weight excluding hydrogens is 230 g/mol. The molecule has 0 amide bonds. The molecule has 2 unspecified atom stereocenters. The number of benzene rings is 2. The lowest BCUT2D eigenvalue weighted by molar-refractivity contribution is 0.497. The first kappa shape index (κ1) is 12.4. The van der Waals surface area contributed by atoms with E-state index in [0.717, 1.165) is 6.42 Å². The third-order valence-corrected chi connectivity index (χ3v) is 4.55. The lowest BCUT2D eigenvalue weighted by atomic mass is 9.73. The molecule has 0 heterocycles. The van der Waals surface area contributed by atoms with Crippen LogP contribution in [0.4, 0.5) is 0 Å². The van der Waals surface area contributed by atoms with Gasteiger partial charge in [-0.3, -0.25) is 0 Å². The summed E-state index contributed by atoms with van der Waals surface area (Å²) in [6.45, 7) is 4.34. The smallest absolute Gasteiger partial charge is 0.0303 e. The second kappa shape index (κ2) is 4.82. The van der Waals surface area contributed by atoms with Gasteiger partial charge in [0.15, 0.2) is 0 Å². The molecule has 0 bridgehead atoms. The van der Waals surface area contributed by atoms with Crippen molar-refractivity contribution in [2.45, 2.75) is 38.6 Å². The van der Waals surface area contributed by atoms with Gasteiger partial charge >= 0.3 is 0 Å². The van der Waals surface area contributed by atoms with Gasteiger partial charge in [-0.1, -0.05) is 42.5 Å². The Labute approximate surface area is 115 Å². The van der Waals surface area contributed by atoms with Crippen molar-refractivity contribution in [3.63, 3.8) is 0 Å². The van der Waals surface area contributed by atoms with E-state index in [1.807, 2.05) is 0 Å². The average Bonchev–Trinajstić information content (AvgIpc) is 2.39. The molecule has 0 saturated heterocycles. The Morgan fingerprint density at radius 3 is 2.68 bits per heavy atom. The molecule has 1 nitrogen and oxygen atoms in total. The highest BCUT2D eigenvalue weighted by Gasteiger charge is 2.27. The van der Waals surface area contributed by atoms with Crippen LogP contribution < -0.4 is 5.73 Å². The molecule has 98 valence electrons. The summed E-state index contributed by atoms with van der Waals surface area (Å²) in [6, 6.07) is 15.3. The topological polar surface area (TPSA) is 26.0 Å². The number of fused-ring (bicyclic) bond motifs is 1. The Morgan fingerprint density at radius 2 is 1.89 bits per heavy atom. The zero-order valence-corrected chi connectivity index (χ0v) is 11.7. The molecule has 0 fully saturated rings. The number of rotatable bonds is 3. The minimum Gasteiger partial charge on any atom is -0.324 e. The van der Waals surface area contributed by atoms with Gasteiger partial charge in [0.1, 0.15) is 0 Å². The average molecular weight is 251 g/mol. The van der Waals surface area contributed by atoms with Gasteiger partial charge in [-0.05, 0) is 60.4 Å². The van der Waals surface area contributed by atoms with Crippen LogP contribution in [0.25, 0.3) is 0 Å². The fourth-order valence-electron chi connectivity index (χ4n) is 3.18. The van der Waals surface area contributed by atoms with E-state index < -0.39 is 0 Å². The highest BCUT2D eigenvalue weighted by Crippen LogP contribution is 2.40. The highest BCUT2D eigenvalue weighted by atomic mass is 14.6. The Kier molecular flexibility index (Phi) is 3.16. The lowest BCUT2D eigenvalue weighted by Crippen LogP contribution is -2.23. The third-order valence-electron chi connectivity index (χ3n) is 4.55. The third kappa shape index (κ3) is 2.19. The largest absolute Gasteiger partial charge is 0.324 e. The van der Waals surface area contributed by atoms with Gasteiger partial charge in [0, 0.05) is 6.04 Å². The van der Waals surface area contributed by atoms with Crippen LogP contribution in [0.3, 0.4) is 0 Å². The number of nitrogens with two attached hydrogens (primary N) is 1. The van der Waals surface area contributed by atoms with Gasteiger partial charge < -0.3 is 5.73 Å². The van der Waals surface area contributed by atoms with Crippen molar-refractivity contribution in [3.05, 3.63) is 70.3 Å². The fourth-order valence-corrected chi connectivity index (χ4v) is 3.18. The zero-order valence-electron chi connectivity index (χ0n) is 11.7. The second-order valence-electron chi connectivity index (χ2n) is 5.73. The van der Waals surface area contributed by atoms with Crippen molar-refractivity contribution in [1.29, 1.82) is 0 Å². The van der Waals surface area contributed by atoms with Crippen molar-refractivity contribution >= 4 is 0 Å². The van der Waals surface area contributed by atoms with Gasteiger partial charge in [0.05, 0.1) is 0 Å². The van der Waals surface area contributed by atoms with E-state index in [-0.39, 0.29) is 6.04 Å². The Hall–Kier alpha value is -1.60. The van der Waals surface area contributed by atoms with Crippen molar-refractivity contribution in [3.8, 4) is 0 Å². The standard InChI is InChI=1S/C18H21N/c1-12-6-5-9-16(13(12)2)18(19)11-15-10-14-7-3-4-8-17(14)15/h3-9,15,18H,10-11,19H2,1-2H3. The van der Waals surface area contributed by atoms with E-state index in [1.165, 1.54) is 34.2 Å². The molecule has 1 heteroatoms. The molecule has 0 radical (unpaired) electrons. The maximum atomic E-state index is 6.43. The van der Waals surface area contributed by atoms with E-state index >= 15 is 0 Å². The normalized spacial score (nSPS) is 18.6. The molecule has 0 aromatic heterocycles. The van der Waals surface area contributed by atoms with Gasteiger partial charge in [0.25, 0.3) is 0 Å². The van der Waals surface area contributed by atoms with Gasteiger partial charge in [-0.2, -0.15) is 0 Å². The summed E-state index contributed by atoms with van der Waals surface area (Å²) in [5.41, 5.74) is 13.4. The summed E-state index contributed by atoms with van der Waals surface area (Å²) in [7, 11) is 0. The first-order valence-electron chi connectivity index (χ1n) is 7.06. The summed E-state index contributed by atoms with van der Waals surface area (Å²) in [5, 5.41) is 0. The molecule has 1 aliphatic carbocycles. The summed E-state index contributed by atoms with van der Waals surface area (Å²) < 4.78 is 0. The Balaban J connectivity index is 1.77. The van der Waals surface area contributed by atoms with Crippen molar-refractivity contribution in [2.24, 2.45) is 5.73 Å². The quantitative estimate of drug-likeness (QED) is 0.875. The fraction of sp³-hybridized carbons (Fsp3) is 0.333. The van der Waals surface area contributed by atoms with E-state index in [2.05, 4.69) is 56.3 Å². The summed E-state index contributed by atoms with van der Waals surface area (Å²) >= 11 is 0. The minimum absolute atomic E-state index is 0.151. The van der Waals surface area contributed by atoms with Crippen LogP contribution in [-0.2, 0) is 6.42 Å². The Bertz CT molecular complexity index is 600. The van der Waals surface area contributed by atoms with Crippen LogP contribution in [0.2, 0.25) is 0 Å². The first-order valence-corrected chi connectivity index (χ1v) is 7.06. The van der Waals surface area contributed by atoms with Crippen LogP contribution in [0.15, 0.2) is 42.5 Å². The van der Waals surface area contributed by atoms with Crippen molar-refractivity contribution < 1.29 is 0 Å². The SMILES string of the molecule is Cc1cccc(C(N)CC2Cc3ccccc32)c1C. The molecule has 0 spiro atoms. The minimum atomic E-state index is 0.151. The summed E-state index contributed by atoms with van der Waals surface area (Å²) in [4.78, 5) is 0. The van der Waals surface area contributed by atoms with E-state index in [1.54, 1.807) is 0 Å². The summed E-state index contributed by atoms with van der Waals surface area (Å²) in [5.74, 6) is 0.645. The molecular formula is C18H21N. The lowest BCUT2D eigenvalue weighted by Gasteiger charge is -2.32. The monoisotopic (exact) mass is 251 g/mol. The molecule has 0 aliphatic heterocycles. The maximum Gasteiger partial charge on any atom is 0.0303 e. The highest BCUT2D eigenvalue weighted by molar-refractivity contribution is 5.41. The van der Waals surface area contributed by atoms with Gasteiger partial charge in [0.2, 0.25) is 0 Å². The van der Waals surface area contributed by atoms with Crippen LogP contribution in [0.1, 0.15) is 46.2 Å². The number of aryl methyl sites for hydroxylation is 1. The Morgan fingerprint density at radius 1 is 1.11 bits per heavy atom. The predicted octanol–water partition coefficient (Wildman–Crippen LogP) is 4.03. The molecule has 2 N–H and O–H groups in total. The zero-order chi connectivity index (χ0) is 13.4. The molecule has 0 saturated carbocycles. The van der Waals surface area contributed by atoms with E-state index in [0.29, 0.717) is 5.92 Å².